The lowest BCUT2D eigenvalue weighted by Crippen LogP contribution is -2.13. The molecule has 1 saturated carbocycles. The van der Waals surface area contributed by atoms with E-state index < -0.39 is 0 Å². The molecule has 0 bridgehead atoms. The summed E-state index contributed by atoms with van der Waals surface area (Å²) in [4.78, 5) is 11.3. The van der Waals surface area contributed by atoms with E-state index in [2.05, 4.69) is 0 Å². The van der Waals surface area contributed by atoms with Crippen LogP contribution in [0.15, 0.2) is 24.3 Å². The minimum Gasteiger partial charge on any atom is -0.366 e. The third-order valence-electron chi connectivity index (χ3n) is 4.32. The van der Waals surface area contributed by atoms with E-state index in [1.807, 2.05) is 24.3 Å². The molecule has 104 valence electrons. The number of hydrogen-bond acceptors (Lipinski definition) is 1. The molecule has 0 aromatic heterocycles. The van der Waals surface area contributed by atoms with Gasteiger partial charge in [-0.15, -0.1) is 0 Å². The molecule has 2 rings (SSSR count). The Bertz CT molecular complexity index is 407. The molecule has 1 aliphatic rings. The molecule has 0 radical (unpaired) electrons. The number of unbranched alkanes of at least 4 members (excludes halogenated alkanes) is 1. The second-order valence-corrected chi connectivity index (χ2v) is 5.77. The summed E-state index contributed by atoms with van der Waals surface area (Å²) in [7, 11) is 0. The van der Waals surface area contributed by atoms with Crippen LogP contribution in [-0.4, -0.2) is 5.91 Å². The Kier molecular flexibility index (Phi) is 5.44. The molecular weight excluding hydrogens is 234 g/mol. The van der Waals surface area contributed by atoms with E-state index in [1.165, 1.54) is 51.4 Å². The third kappa shape index (κ3) is 4.38. The number of primary amides is 1. The Hall–Kier alpha value is -1.31. The van der Waals surface area contributed by atoms with Crippen LogP contribution in [0, 0.1) is 5.92 Å². The van der Waals surface area contributed by atoms with Gasteiger partial charge in [-0.1, -0.05) is 63.1 Å². The molecule has 1 aromatic carbocycles. The quantitative estimate of drug-likeness (QED) is 0.769. The fourth-order valence-corrected chi connectivity index (χ4v) is 3.20. The van der Waals surface area contributed by atoms with Gasteiger partial charge in [0.05, 0.1) is 0 Å². The van der Waals surface area contributed by atoms with Crippen molar-refractivity contribution >= 4 is 5.91 Å². The monoisotopic (exact) mass is 259 g/mol. The second-order valence-electron chi connectivity index (χ2n) is 5.77. The number of carbonyl (C=O) groups excluding carboxylic acids is 1. The molecule has 19 heavy (non-hydrogen) atoms. The summed E-state index contributed by atoms with van der Waals surface area (Å²) in [5.74, 6) is 0.656. The van der Waals surface area contributed by atoms with Crippen LogP contribution in [-0.2, 0) is 6.42 Å². The van der Waals surface area contributed by atoms with Crippen molar-refractivity contribution in [3.05, 3.63) is 35.4 Å². The van der Waals surface area contributed by atoms with Crippen molar-refractivity contribution in [3.63, 3.8) is 0 Å². The first-order chi connectivity index (χ1) is 9.27. The van der Waals surface area contributed by atoms with Gasteiger partial charge in [0.1, 0.15) is 0 Å². The van der Waals surface area contributed by atoms with Gasteiger partial charge in [-0.05, 0) is 30.4 Å². The number of benzene rings is 1. The largest absolute Gasteiger partial charge is 0.366 e. The second kappa shape index (κ2) is 7.32. The predicted molar refractivity (Wildman–Crippen MR) is 79.1 cm³/mol. The maximum absolute atomic E-state index is 11.3. The van der Waals surface area contributed by atoms with Crippen LogP contribution in [0.5, 0.6) is 0 Å². The summed E-state index contributed by atoms with van der Waals surface area (Å²) in [6.07, 6.45) is 11.9. The van der Waals surface area contributed by atoms with E-state index in [9.17, 15) is 4.79 Å². The normalized spacial score (nSPS) is 16.4. The zero-order valence-corrected chi connectivity index (χ0v) is 11.7. The average Bonchev–Trinajstić information content (AvgIpc) is 2.45. The number of carbonyl (C=O) groups is 1. The highest BCUT2D eigenvalue weighted by Crippen LogP contribution is 2.28. The summed E-state index contributed by atoms with van der Waals surface area (Å²) < 4.78 is 0. The van der Waals surface area contributed by atoms with Crippen LogP contribution in [0.25, 0.3) is 0 Å². The van der Waals surface area contributed by atoms with Gasteiger partial charge in [-0.2, -0.15) is 0 Å². The van der Waals surface area contributed by atoms with Crippen LogP contribution < -0.4 is 5.73 Å². The molecule has 0 heterocycles. The average molecular weight is 259 g/mol. The highest BCUT2D eigenvalue weighted by Gasteiger charge is 2.13. The highest BCUT2D eigenvalue weighted by molar-refractivity contribution is 5.94. The van der Waals surface area contributed by atoms with Crippen molar-refractivity contribution in [2.75, 3.05) is 0 Å². The fourth-order valence-electron chi connectivity index (χ4n) is 3.20. The molecule has 1 aliphatic carbocycles. The van der Waals surface area contributed by atoms with Gasteiger partial charge < -0.3 is 5.73 Å². The van der Waals surface area contributed by atoms with Crippen LogP contribution in [0.1, 0.15) is 67.3 Å². The first-order valence-electron chi connectivity index (χ1n) is 7.65. The molecule has 0 unspecified atom stereocenters. The third-order valence-corrected chi connectivity index (χ3v) is 4.32. The molecule has 0 aliphatic heterocycles. The number of rotatable bonds is 6. The zero-order chi connectivity index (χ0) is 13.5. The molecule has 1 aromatic rings. The minimum absolute atomic E-state index is 0.303. The Morgan fingerprint density at radius 2 is 1.84 bits per heavy atom. The van der Waals surface area contributed by atoms with E-state index in [1.54, 1.807) is 0 Å². The summed E-state index contributed by atoms with van der Waals surface area (Å²) in [5.41, 5.74) is 7.20. The van der Waals surface area contributed by atoms with Gasteiger partial charge >= 0.3 is 0 Å². The molecule has 2 nitrogen and oxygen atoms in total. The van der Waals surface area contributed by atoms with Crippen LogP contribution in [0.3, 0.4) is 0 Å². The standard InChI is InChI=1S/C17H25NO/c18-17(19)16-13-7-6-12-15(16)11-5-4-10-14-8-2-1-3-9-14/h6-7,12-14H,1-5,8-11H2,(H2,18,19). The Morgan fingerprint density at radius 3 is 2.58 bits per heavy atom. The first kappa shape index (κ1) is 14.1. The van der Waals surface area contributed by atoms with Crippen LogP contribution in [0.2, 0.25) is 0 Å². The Morgan fingerprint density at radius 1 is 1.11 bits per heavy atom. The van der Waals surface area contributed by atoms with Crippen LogP contribution >= 0.6 is 0 Å². The number of hydrogen-bond donors (Lipinski definition) is 1. The van der Waals surface area contributed by atoms with Crippen molar-refractivity contribution in [2.24, 2.45) is 11.7 Å². The van der Waals surface area contributed by atoms with Gasteiger partial charge in [0, 0.05) is 5.56 Å². The SMILES string of the molecule is NC(=O)c1ccccc1CCCCC1CCCCC1. The van der Waals surface area contributed by atoms with Crippen molar-refractivity contribution in [1.82, 2.24) is 0 Å². The molecule has 1 amide bonds. The number of amides is 1. The summed E-state index contributed by atoms with van der Waals surface area (Å²) in [5, 5.41) is 0. The van der Waals surface area contributed by atoms with E-state index in [0.717, 1.165) is 17.9 Å². The fraction of sp³-hybridized carbons (Fsp3) is 0.588. The lowest BCUT2D eigenvalue weighted by Gasteiger charge is -2.21. The highest BCUT2D eigenvalue weighted by atomic mass is 16.1. The maximum atomic E-state index is 11.3. The molecular formula is C17H25NO. The molecule has 2 N–H and O–H groups in total. The molecule has 0 spiro atoms. The van der Waals surface area contributed by atoms with Gasteiger partial charge in [0.25, 0.3) is 0 Å². The van der Waals surface area contributed by atoms with Gasteiger partial charge in [-0.3, -0.25) is 4.79 Å². The summed E-state index contributed by atoms with van der Waals surface area (Å²) in [6, 6.07) is 7.73. The predicted octanol–water partition coefficient (Wildman–Crippen LogP) is 4.08. The van der Waals surface area contributed by atoms with E-state index in [-0.39, 0.29) is 5.91 Å². The van der Waals surface area contributed by atoms with Crippen LogP contribution in [0.4, 0.5) is 0 Å². The lowest BCUT2D eigenvalue weighted by atomic mass is 9.85. The first-order valence-corrected chi connectivity index (χ1v) is 7.65. The molecule has 0 atom stereocenters. The summed E-state index contributed by atoms with van der Waals surface area (Å²) >= 11 is 0. The molecule has 2 heteroatoms. The van der Waals surface area contributed by atoms with Crippen molar-refractivity contribution < 1.29 is 4.79 Å². The van der Waals surface area contributed by atoms with Gasteiger partial charge in [-0.25, -0.2) is 0 Å². The van der Waals surface area contributed by atoms with Gasteiger partial charge in [0.15, 0.2) is 0 Å². The van der Waals surface area contributed by atoms with Crippen molar-refractivity contribution in [3.8, 4) is 0 Å². The number of nitrogens with two attached hydrogens (primary N) is 1. The Balaban J connectivity index is 1.74. The van der Waals surface area contributed by atoms with Crippen molar-refractivity contribution in [1.29, 1.82) is 0 Å². The Labute approximate surface area is 116 Å². The van der Waals surface area contributed by atoms with E-state index in [4.69, 9.17) is 5.73 Å². The lowest BCUT2D eigenvalue weighted by molar-refractivity contribution is 0.0999. The molecule has 1 fully saturated rings. The smallest absolute Gasteiger partial charge is 0.248 e. The van der Waals surface area contributed by atoms with E-state index >= 15 is 0 Å². The van der Waals surface area contributed by atoms with Gasteiger partial charge in [0.2, 0.25) is 5.91 Å². The summed E-state index contributed by atoms with van der Waals surface area (Å²) in [6.45, 7) is 0. The van der Waals surface area contributed by atoms with Crippen molar-refractivity contribution in [2.45, 2.75) is 57.8 Å². The number of aryl methyl sites for hydroxylation is 1. The topological polar surface area (TPSA) is 43.1 Å². The zero-order valence-electron chi connectivity index (χ0n) is 11.7. The minimum atomic E-state index is -0.303. The molecule has 0 saturated heterocycles. The maximum Gasteiger partial charge on any atom is 0.248 e. The van der Waals surface area contributed by atoms with E-state index in [0.29, 0.717) is 5.56 Å².